The number of amides is 1. The van der Waals surface area contributed by atoms with Crippen LogP contribution in [0.15, 0.2) is 24.5 Å². The highest BCUT2D eigenvalue weighted by molar-refractivity contribution is 5.98. The van der Waals surface area contributed by atoms with Crippen molar-refractivity contribution in [1.29, 1.82) is 0 Å². The molecule has 1 saturated carbocycles. The van der Waals surface area contributed by atoms with Crippen molar-refractivity contribution >= 4 is 11.9 Å². The van der Waals surface area contributed by atoms with Crippen molar-refractivity contribution in [2.24, 2.45) is 5.92 Å². The van der Waals surface area contributed by atoms with Crippen LogP contribution in [-0.2, 0) is 9.53 Å². The predicted molar refractivity (Wildman–Crippen MR) is 64.8 cm³/mol. The van der Waals surface area contributed by atoms with Gasteiger partial charge in [-0.1, -0.05) is 0 Å². The van der Waals surface area contributed by atoms with E-state index in [2.05, 4.69) is 10.3 Å². The van der Waals surface area contributed by atoms with Crippen molar-refractivity contribution in [3.63, 3.8) is 0 Å². The van der Waals surface area contributed by atoms with Crippen LogP contribution in [0.25, 0.3) is 0 Å². The van der Waals surface area contributed by atoms with Gasteiger partial charge in [0.25, 0.3) is 5.91 Å². The van der Waals surface area contributed by atoms with Crippen molar-refractivity contribution in [3.8, 4) is 0 Å². The van der Waals surface area contributed by atoms with E-state index in [9.17, 15) is 9.59 Å². The van der Waals surface area contributed by atoms with Crippen LogP contribution in [0.4, 0.5) is 0 Å². The van der Waals surface area contributed by atoms with Gasteiger partial charge in [0.1, 0.15) is 5.54 Å². The van der Waals surface area contributed by atoms with E-state index in [1.165, 1.54) is 7.11 Å². The van der Waals surface area contributed by atoms with Gasteiger partial charge < -0.3 is 10.1 Å². The number of nitrogens with one attached hydrogen (secondary N) is 1. The number of nitrogens with zero attached hydrogens (tertiary/aromatic N) is 1. The second-order valence-electron chi connectivity index (χ2n) is 4.66. The van der Waals surface area contributed by atoms with Crippen molar-refractivity contribution in [2.75, 3.05) is 7.11 Å². The average Bonchev–Trinajstić information content (AvgIpc) is 3.23. The second-order valence-corrected chi connectivity index (χ2v) is 4.66. The summed E-state index contributed by atoms with van der Waals surface area (Å²) in [6, 6.07) is 3.22. The molecule has 1 aromatic rings. The first-order valence-corrected chi connectivity index (χ1v) is 5.89. The van der Waals surface area contributed by atoms with E-state index in [-0.39, 0.29) is 11.8 Å². The lowest BCUT2D eigenvalue weighted by atomic mass is 9.95. The predicted octanol–water partition coefficient (Wildman–Crippen LogP) is 1.15. The molecule has 1 amide bonds. The Morgan fingerprint density at radius 3 is 2.50 bits per heavy atom. The molecule has 1 atom stereocenters. The normalized spacial score (nSPS) is 17.7. The Labute approximate surface area is 106 Å². The first-order valence-electron chi connectivity index (χ1n) is 5.89. The number of carbonyl (C=O) groups excluding carboxylic acids is 2. The SMILES string of the molecule is COC(=O)[C@](C)(NC(=O)c1ccncc1)C1CC1. The second kappa shape index (κ2) is 4.76. The molecule has 18 heavy (non-hydrogen) atoms. The molecular weight excluding hydrogens is 232 g/mol. The summed E-state index contributed by atoms with van der Waals surface area (Å²) in [5.74, 6) is -0.514. The van der Waals surface area contributed by atoms with Gasteiger partial charge in [0.15, 0.2) is 0 Å². The molecular formula is C13H16N2O3. The summed E-state index contributed by atoms with van der Waals surface area (Å²) in [7, 11) is 1.33. The third-order valence-corrected chi connectivity index (χ3v) is 3.32. The van der Waals surface area contributed by atoms with Crippen LogP contribution in [0.3, 0.4) is 0 Å². The first kappa shape index (κ1) is 12.5. The molecule has 0 saturated heterocycles. The van der Waals surface area contributed by atoms with Crippen molar-refractivity contribution in [3.05, 3.63) is 30.1 Å². The topological polar surface area (TPSA) is 68.3 Å². The fraction of sp³-hybridized carbons (Fsp3) is 0.462. The highest BCUT2D eigenvalue weighted by atomic mass is 16.5. The van der Waals surface area contributed by atoms with Crippen molar-refractivity contribution < 1.29 is 14.3 Å². The van der Waals surface area contributed by atoms with Crippen LogP contribution in [-0.4, -0.2) is 29.5 Å². The number of carbonyl (C=O) groups is 2. The Balaban J connectivity index is 2.15. The fourth-order valence-corrected chi connectivity index (χ4v) is 2.00. The van der Waals surface area contributed by atoms with E-state index in [0.717, 1.165) is 12.8 Å². The highest BCUT2D eigenvalue weighted by Gasteiger charge is 2.49. The van der Waals surface area contributed by atoms with Crippen LogP contribution in [0.2, 0.25) is 0 Å². The molecule has 0 spiro atoms. The monoisotopic (exact) mass is 248 g/mol. The summed E-state index contributed by atoms with van der Waals surface area (Å²) in [5, 5.41) is 2.78. The lowest BCUT2D eigenvalue weighted by Crippen LogP contribution is -2.54. The lowest BCUT2D eigenvalue weighted by molar-refractivity contribution is -0.148. The molecule has 1 heterocycles. The van der Waals surface area contributed by atoms with Gasteiger partial charge in [0.2, 0.25) is 0 Å². The largest absolute Gasteiger partial charge is 0.467 e. The maximum atomic E-state index is 12.1. The zero-order chi connectivity index (χ0) is 13.2. The zero-order valence-corrected chi connectivity index (χ0v) is 10.5. The van der Waals surface area contributed by atoms with E-state index in [1.807, 2.05) is 0 Å². The molecule has 0 aromatic carbocycles. The van der Waals surface area contributed by atoms with Gasteiger partial charge >= 0.3 is 5.97 Å². The van der Waals surface area contributed by atoms with Crippen LogP contribution < -0.4 is 5.32 Å². The number of hydrogen-bond donors (Lipinski definition) is 1. The maximum Gasteiger partial charge on any atom is 0.331 e. The number of hydrogen-bond acceptors (Lipinski definition) is 4. The average molecular weight is 248 g/mol. The van der Waals surface area contributed by atoms with Gasteiger partial charge in [-0.25, -0.2) is 4.79 Å². The number of pyridine rings is 1. The quantitative estimate of drug-likeness (QED) is 0.812. The minimum atomic E-state index is -0.935. The zero-order valence-electron chi connectivity index (χ0n) is 10.5. The first-order chi connectivity index (χ1) is 8.58. The maximum absolute atomic E-state index is 12.1. The summed E-state index contributed by atoms with van der Waals surface area (Å²) >= 11 is 0. The minimum Gasteiger partial charge on any atom is -0.467 e. The van der Waals surface area contributed by atoms with Gasteiger partial charge in [-0.3, -0.25) is 9.78 Å². The smallest absolute Gasteiger partial charge is 0.331 e. The molecule has 96 valence electrons. The standard InChI is InChI=1S/C13H16N2O3/c1-13(10-3-4-10,12(17)18-2)15-11(16)9-5-7-14-8-6-9/h5-8,10H,3-4H2,1-2H3,(H,15,16)/t13-/m1/s1. The van der Waals surface area contributed by atoms with Crippen LogP contribution in [0.5, 0.6) is 0 Å². The Morgan fingerprint density at radius 2 is 2.00 bits per heavy atom. The summed E-state index contributed by atoms with van der Waals surface area (Å²) in [6.45, 7) is 1.72. The van der Waals surface area contributed by atoms with Crippen LogP contribution in [0.1, 0.15) is 30.1 Å². The van der Waals surface area contributed by atoms with Gasteiger partial charge in [-0.2, -0.15) is 0 Å². The molecule has 1 fully saturated rings. The Kier molecular flexibility index (Phi) is 3.32. The molecule has 5 nitrogen and oxygen atoms in total. The highest BCUT2D eigenvalue weighted by Crippen LogP contribution is 2.40. The molecule has 1 aromatic heterocycles. The van der Waals surface area contributed by atoms with Crippen molar-refractivity contribution in [2.45, 2.75) is 25.3 Å². The van der Waals surface area contributed by atoms with E-state index >= 15 is 0 Å². The lowest BCUT2D eigenvalue weighted by Gasteiger charge is -2.27. The fourth-order valence-electron chi connectivity index (χ4n) is 2.00. The van der Waals surface area contributed by atoms with E-state index in [0.29, 0.717) is 5.56 Å². The number of methoxy groups -OCH3 is 1. The van der Waals surface area contributed by atoms with Crippen LogP contribution in [0, 0.1) is 5.92 Å². The third kappa shape index (κ3) is 2.34. The van der Waals surface area contributed by atoms with Gasteiger partial charge in [-0.05, 0) is 37.8 Å². The number of ether oxygens (including phenoxy) is 1. The van der Waals surface area contributed by atoms with Crippen LogP contribution >= 0.6 is 0 Å². The molecule has 0 aliphatic heterocycles. The summed E-state index contributed by atoms with van der Waals surface area (Å²) in [5.41, 5.74) is -0.449. The van der Waals surface area contributed by atoms with E-state index < -0.39 is 11.5 Å². The number of rotatable bonds is 4. The third-order valence-electron chi connectivity index (χ3n) is 3.32. The Hall–Kier alpha value is -1.91. The van der Waals surface area contributed by atoms with Gasteiger partial charge in [0.05, 0.1) is 7.11 Å². The Morgan fingerprint density at radius 1 is 1.39 bits per heavy atom. The molecule has 0 radical (unpaired) electrons. The molecule has 0 unspecified atom stereocenters. The molecule has 2 rings (SSSR count). The summed E-state index contributed by atoms with van der Waals surface area (Å²) < 4.78 is 4.79. The molecule has 1 aliphatic rings. The molecule has 1 N–H and O–H groups in total. The summed E-state index contributed by atoms with van der Waals surface area (Å²) in [6.07, 6.45) is 4.95. The van der Waals surface area contributed by atoms with E-state index in [4.69, 9.17) is 4.74 Å². The number of esters is 1. The molecule has 1 aliphatic carbocycles. The van der Waals surface area contributed by atoms with E-state index in [1.54, 1.807) is 31.5 Å². The minimum absolute atomic E-state index is 0.163. The van der Waals surface area contributed by atoms with Crippen molar-refractivity contribution in [1.82, 2.24) is 10.3 Å². The molecule has 0 bridgehead atoms. The molecule has 5 heteroatoms. The number of aromatic nitrogens is 1. The van der Waals surface area contributed by atoms with Gasteiger partial charge in [-0.15, -0.1) is 0 Å². The Bertz CT molecular complexity index is 457. The van der Waals surface area contributed by atoms with Gasteiger partial charge in [0, 0.05) is 18.0 Å². The summed E-state index contributed by atoms with van der Waals surface area (Å²) in [4.78, 5) is 27.8.